The second-order valence-electron chi connectivity index (χ2n) is 4.61. The lowest BCUT2D eigenvalue weighted by molar-refractivity contribution is 0.397. The van der Waals surface area contributed by atoms with Crippen LogP contribution in [0.5, 0.6) is 0 Å². The predicted molar refractivity (Wildman–Crippen MR) is 68.8 cm³/mol. The molecule has 1 rings (SSSR count). The van der Waals surface area contributed by atoms with Gasteiger partial charge in [-0.3, -0.25) is 0 Å². The molecule has 0 saturated carbocycles. The summed E-state index contributed by atoms with van der Waals surface area (Å²) in [5.74, 6) is 0.941. The van der Waals surface area contributed by atoms with Gasteiger partial charge >= 0.3 is 0 Å². The minimum atomic E-state index is 0.212. The Hall–Kier alpha value is -0.970. The largest absolute Gasteiger partial charge is 0.308 e. The Morgan fingerprint density at radius 3 is 2.65 bits per heavy atom. The molecule has 0 aliphatic rings. The molecule has 5 nitrogen and oxygen atoms in total. The summed E-state index contributed by atoms with van der Waals surface area (Å²) in [6, 6.07) is 0.594. The summed E-state index contributed by atoms with van der Waals surface area (Å²) in [5.41, 5.74) is 0. The van der Waals surface area contributed by atoms with Crippen LogP contribution < -0.4 is 5.32 Å². The third kappa shape index (κ3) is 4.07. The molecule has 0 bridgehead atoms. The fourth-order valence-electron chi connectivity index (χ4n) is 2.01. The summed E-state index contributed by atoms with van der Waals surface area (Å²) in [6.45, 7) is 9.53. The lowest BCUT2D eigenvalue weighted by Crippen LogP contribution is -2.23. The van der Waals surface area contributed by atoms with Crippen molar-refractivity contribution >= 4 is 0 Å². The van der Waals surface area contributed by atoms with Crippen molar-refractivity contribution < 1.29 is 0 Å². The topological polar surface area (TPSA) is 55.6 Å². The molecule has 1 aromatic rings. The first-order chi connectivity index (χ1) is 8.20. The Morgan fingerprint density at radius 2 is 2.00 bits per heavy atom. The molecule has 1 N–H and O–H groups in total. The highest BCUT2D eigenvalue weighted by Gasteiger charge is 2.17. The molecule has 0 aromatic carbocycles. The van der Waals surface area contributed by atoms with Gasteiger partial charge in [0.25, 0.3) is 0 Å². The van der Waals surface area contributed by atoms with Crippen LogP contribution in [0.15, 0.2) is 0 Å². The van der Waals surface area contributed by atoms with Gasteiger partial charge in [0, 0.05) is 0 Å². The van der Waals surface area contributed by atoms with Gasteiger partial charge in [0.05, 0.1) is 12.1 Å². The summed E-state index contributed by atoms with van der Waals surface area (Å²) in [7, 11) is 0. The molecule has 1 heterocycles. The minimum Gasteiger partial charge on any atom is -0.308 e. The first kappa shape index (κ1) is 14.1. The molecule has 0 amide bonds. The van der Waals surface area contributed by atoms with Gasteiger partial charge in [-0.25, -0.2) is 4.68 Å². The quantitative estimate of drug-likeness (QED) is 0.708. The number of nitrogens with one attached hydrogen (secondary N) is 1. The highest BCUT2D eigenvalue weighted by Crippen LogP contribution is 2.18. The third-order valence-electron chi connectivity index (χ3n) is 3.06. The SMILES string of the molecule is CCCCCC(C)n1nnnc1C(C)NCC. The summed E-state index contributed by atoms with van der Waals surface area (Å²) >= 11 is 0. The Bertz CT molecular complexity index is 310. The third-order valence-corrected chi connectivity index (χ3v) is 3.06. The van der Waals surface area contributed by atoms with Crippen molar-refractivity contribution in [3.05, 3.63) is 5.82 Å². The molecule has 1 aromatic heterocycles. The van der Waals surface area contributed by atoms with Gasteiger partial charge < -0.3 is 5.32 Å². The van der Waals surface area contributed by atoms with E-state index in [0.717, 1.165) is 18.8 Å². The highest BCUT2D eigenvalue weighted by molar-refractivity contribution is 4.91. The first-order valence-corrected chi connectivity index (χ1v) is 6.71. The average Bonchev–Trinajstić information content (AvgIpc) is 2.78. The molecule has 0 fully saturated rings. The summed E-state index contributed by atoms with van der Waals surface area (Å²) in [6.07, 6.45) is 4.92. The number of hydrogen-bond donors (Lipinski definition) is 1. The van der Waals surface area contributed by atoms with E-state index >= 15 is 0 Å². The van der Waals surface area contributed by atoms with Crippen molar-refractivity contribution in [3.8, 4) is 0 Å². The standard InChI is InChI=1S/C12H25N5/c1-5-7-8-9-10(3)17-12(14-15-16-17)11(4)13-6-2/h10-11,13H,5-9H2,1-4H3. The van der Waals surface area contributed by atoms with E-state index in [1.165, 1.54) is 19.3 Å². The average molecular weight is 239 g/mol. The first-order valence-electron chi connectivity index (χ1n) is 6.71. The molecule has 98 valence electrons. The van der Waals surface area contributed by atoms with E-state index in [-0.39, 0.29) is 6.04 Å². The van der Waals surface area contributed by atoms with E-state index in [4.69, 9.17) is 0 Å². The van der Waals surface area contributed by atoms with Crippen molar-refractivity contribution in [3.63, 3.8) is 0 Å². The van der Waals surface area contributed by atoms with Crippen molar-refractivity contribution in [2.24, 2.45) is 0 Å². The lowest BCUT2D eigenvalue weighted by atomic mass is 10.1. The molecule has 0 radical (unpaired) electrons. The fourth-order valence-corrected chi connectivity index (χ4v) is 2.01. The van der Waals surface area contributed by atoms with Crippen molar-refractivity contribution in [2.45, 2.75) is 65.5 Å². The van der Waals surface area contributed by atoms with Gasteiger partial charge in [0.2, 0.25) is 0 Å². The maximum Gasteiger partial charge on any atom is 0.168 e. The number of aromatic nitrogens is 4. The monoisotopic (exact) mass is 239 g/mol. The summed E-state index contributed by atoms with van der Waals surface area (Å²) in [4.78, 5) is 0. The highest BCUT2D eigenvalue weighted by atomic mass is 15.6. The Morgan fingerprint density at radius 1 is 1.24 bits per heavy atom. The zero-order chi connectivity index (χ0) is 12.7. The van der Waals surface area contributed by atoms with Crippen molar-refractivity contribution in [1.82, 2.24) is 25.5 Å². The van der Waals surface area contributed by atoms with Crippen LogP contribution in [0.3, 0.4) is 0 Å². The number of rotatable bonds is 8. The summed E-state index contributed by atoms with van der Waals surface area (Å²) < 4.78 is 1.96. The van der Waals surface area contributed by atoms with Gasteiger partial charge in [-0.2, -0.15) is 0 Å². The molecular formula is C12H25N5. The number of nitrogens with zero attached hydrogens (tertiary/aromatic N) is 4. The van der Waals surface area contributed by atoms with Gasteiger partial charge in [0.1, 0.15) is 0 Å². The number of hydrogen-bond acceptors (Lipinski definition) is 4. The van der Waals surface area contributed by atoms with E-state index in [9.17, 15) is 0 Å². The zero-order valence-electron chi connectivity index (χ0n) is 11.5. The molecule has 0 spiro atoms. The molecule has 0 aliphatic heterocycles. The molecular weight excluding hydrogens is 214 g/mol. The molecule has 5 heteroatoms. The van der Waals surface area contributed by atoms with Gasteiger partial charge in [0.15, 0.2) is 5.82 Å². The lowest BCUT2D eigenvalue weighted by Gasteiger charge is -2.17. The number of unbranched alkanes of at least 4 members (excludes halogenated alkanes) is 2. The second-order valence-corrected chi connectivity index (χ2v) is 4.61. The van der Waals surface area contributed by atoms with E-state index in [1.54, 1.807) is 0 Å². The Kier molecular flexibility index (Phi) is 6.11. The van der Waals surface area contributed by atoms with Crippen LogP contribution in [0.1, 0.15) is 71.3 Å². The molecule has 2 atom stereocenters. The van der Waals surface area contributed by atoms with E-state index < -0.39 is 0 Å². The van der Waals surface area contributed by atoms with Crippen molar-refractivity contribution in [2.75, 3.05) is 6.54 Å². The normalized spacial score (nSPS) is 14.8. The number of tetrazole rings is 1. The van der Waals surface area contributed by atoms with Crippen LogP contribution in [0.25, 0.3) is 0 Å². The van der Waals surface area contributed by atoms with Crippen LogP contribution in [-0.4, -0.2) is 26.8 Å². The van der Waals surface area contributed by atoms with E-state index in [1.807, 2.05) is 4.68 Å². The fraction of sp³-hybridized carbons (Fsp3) is 0.917. The molecule has 0 aliphatic carbocycles. The molecule has 0 saturated heterocycles. The van der Waals surface area contributed by atoms with Crippen molar-refractivity contribution in [1.29, 1.82) is 0 Å². The summed E-state index contributed by atoms with van der Waals surface area (Å²) in [5, 5.41) is 15.4. The van der Waals surface area contributed by atoms with Gasteiger partial charge in [-0.1, -0.05) is 33.1 Å². The van der Waals surface area contributed by atoms with Crippen LogP contribution in [-0.2, 0) is 0 Å². The molecule has 17 heavy (non-hydrogen) atoms. The van der Waals surface area contributed by atoms with Crippen LogP contribution in [0.2, 0.25) is 0 Å². The predicted octanol–water partition coefficient (Wildman–Crippen LogP) is 2.48. The van der Waals surface area contributed by atoms with E-state index in [0.29, 0.717) is 6.04 Å². The minimum absolute atomic E-state index is 0.212. The second kappa shape index (κ2) is 7.37. The van der Waals surface area contributed by atoms with Crippen LogP contribution >= 0.6 is 0 Å². The van der Waals surface area contributed by atoms with Crippen LogP contribution in [0.4, 0.5) is 0 Å². The maximum absolute atomic E-state index is 4.12. The smallest absolute Gasteiger partial charge is 0.168 e. The van der Waals surface area contributed by atoms with Gasteiger partial charge in [-0.05, 0) is 37.2 Å². The van der Waals surface area contributed by atoms with E-state index in [2.05, 4.69) is 48.5 Å². The Labute approximate surface area is 104 Å². The maximum atomic E-state index is 4.12. The van der Waals surface area contributed by atoms with Crippen LogP contribution in [0, 0.1) is 0 Å². The Balaban J connectivity index is 2.60. The molecule has 2 unspecified atom stereocenters. The van der Waals surface area contributed by atoms with Gasteiger partial charge in [-0.15, -0.1) is 5.10 Å². The zero-order valence-corrected chi connectivity index (χ0v) is 11.5.